The van der Waals surface area contributed by atoms with Crippen LogP contribution in [0.25, 0.3) is 0 Å². The normalized spacial score (nSPS) is 42.4. The summed E-state index contributed by atoms with van der Waals surface area (Å²) in [7, 11) is 0. The summed E-state index contributed by atoms with van der Waals surface area (Å²) in [6.45, 7) is 8.09. The predicted molar refractivity (Wildman–Crippen MR) is 68.5 cm³/mol. The van der Waals surface area contributed by atoms with E-state index in [1.165, 1.54) is 0 Å². The topological polar surface area (TPSA) is 37.3 Å². The van der Waals surface area contributed by atoms with Crippen LogP contribution >= 0.6 is 0 Å². The second kappa shape index (κ2) is 3.94. The smallest absolute Gasteiger partial charge is 0.158 e. The van der Waals surface area contributed by atoms with Gasteiger partial charge in [0.25, 0.3) is 0 Å². The fourth-order valence-corrected chi connectivity index (χ4v) is 3.61. The molecule has 17 heavy (non-hydrogen) atoms. The van der Waals surface area contributed by atoms with Crippen LogP contribution in [-0.4, -0.2) is 16.5 Å². The minimum absolute atomic E-state index is 0.107. The van der Waals surface area contributed by atoms with Crippen molar-refractivity contribution in [3.05, 3.63) is 12.2 Å². The molecule has 2 aliphatic carbocycles. The Labute approximate surface area is 104 Å². The van der Waals surface area contributed by atoms with Crippen LogP contribution in [0.15, 0.2) is 12.2 Å². The van der Waals surface area contributed by atoms with Crippen LogP contribution in [0.4, 0.5) is 0 Å². The van der Waals surface area contributed by atoms with Gasteiger partial charge in [0.1, 0.15) is 0 Å². The Hall–Kier alpha value is -0.630. The largest absolute Gasteiger partial charge is 0.390 e. The van der Waals surface area contributed by atoms with Crippen molar-refractivity contribution < 1.29 is 9.90 Å². The molecule has 0 radical (unpaired) electrons. The zero-order valence-corrected chi connectivity index (χ0v) is 11.4. The number of carbonyl (C=O) groups excluding carboxylic acids is 1. The van der Waals surface area contributed by atoms with Crippen molar-refractivity contribution in [2.75, 3.05) is 0 Å². The number of hydrogen-bond acceptors (Lipinski definition) is 2. The molecule has 0 unspecified atom stereocenters. The van der Waals surface area contributed by atoms with E-state index >= 15 is 0 Å². The third-order valence-electron chi connectivity index (χ3n) is 5.10. The van der Waals surface area contributed by atoms with Crippen molar-refractivity contribution in [2.45, 2.75) is 52.6 Å². The molecule has 0 bridgehead atoms. The fraction of sp³-hybridized carbons (Fsp3) is 0.800. The molecule has 96 valence electrons. The molecule has 0 saturated heterocycles. The Balaban J connectivity index is 2.24. The second-order valence-corrected chi connectivity index (χ2v) is 6.76. The summed E-state index contributed by atoms with van der Waals surface area (Å²) in [4.78, 5) is 11.8. The van der Waals surface area contributed by atoms with Crippen LogP contribution in [0.5, 0.6) is 0 Å². The Bertz CT molecular complexity index is 350. The third kappa shape index (κ3) is 2.20. The predicted octanol–water partition coefficient (Wildman–Crippen LogP) is 2.95. The fourth-order valence-electron chi connectivity index (χ4n) is 3.61. The van der Waals surface area contributed by atoms with Gasteiger partial charge in [-0.15, -0.1) is 0 Å². The average Bonchev–Trinajstić information content (AvgIpc) is 2.22. The van der Waals surface area contributed by atoms with E-state index in [1.54, 1.807) is 6.08 Å². The van der Waals surface area contributed by atoms with Crippen molar-refractivity contribution in [1.29, 1.82) is 0 Å². The molecule has 2 aliphatic rings. The van der Waals surface area contributed by atoms with Gasteiger partial charge in [-0.05, 0) is 56.4 Å². The lowest BCUT2D eigenvalue weighted by atomic mass is 9.56. The second-order valence-electron chi connectivity index (χ2n) is 6.76. The molecular weight excluding hydrogens is 212 g/mol. The summed E-state index contributed by atoms with van der Waals surface area (Å²) in [5.74, 6) is 1.08. The van der Waals surface area contributed by atoms with Crippen LogP contribution in [0.1, 0.15) is 47.0 Å². The van der Waals surface area contributed by atoms with Gasteiger partial charge in [-0.3, -0.25) is 4.79 Å². The first-order chi connectivity index (χ1) is 7.74. The van der Waals surface area contributed by atoms with Crippen molar-refractivity contribution in [2.24, 2.45) is 23.2 Å². The molecular formula is C15H24O2. The highest BCUT2D eigenvalue weighted by Gasteiger charge is 2.47. The Morgan fingerprint density at radius 3 is 2.71 bits per heavy atom. The third-order valence-corrected chi connectivity index (χ3v) is 5.10. The van der Waals surface area contributed by atoms with Crippen molar-refractivity contribution in [3.8, 4) is 0 Å². The van der Waals surface area contributed by atoms with E-state index in [1.807, 2.05) is 20.8 Å². The molecule has 0 aromatic heterocycles. The van der Waals surface area contributed by atoms with Gasteiger partial charge in [0.2, 0.25) is 0 Å². The number of aliphatic hydroxyl groups is 1. The van der Waals surface area contributed by atoms with Gasteiger partial charge < -0.3 is 5.11 Å². The average molecular weight is 236 g/mol. The van der Waals surface area contributed by atoms with E-state index in [0.29, 0.717) is 11.8 Å². The van der Waals surface area contributed by atoms with E-state index in [0.717, 1.165) is 19.3 Å². The molecule has 1 N–H and O–H groups in total. The summed E-state index contributed by atoms with van der Waals surface area (Å²) >= 11 is 0. The van der Waals surface area contributed by atoms with E-state index in [4.69, 9.17) is 0 Å². The van der Waals surface area contributed by atoms with Crippen LogP contribution in [0.2, 0.25) is 0 Å². The maximum atomic E-state index is 11.8. The molecule has 0 spiro atoms. The van der Waals surface area contributed by atoms with E-state index in [-0.39, 0.29) is 17.1 Å². The van der Waals surface area contributed by atoms with E-state index in [2.05, 4.69) is 13.0 Å². The maximum Gasteiger partial charge on any atom is 0.158 e. The highest BCUT2D eigenvalue weighted by molar-refractivity contribution is 5.92. The number of hydrogen-bond donors (Lipinski definition) is 1. The molecule has 0 amide bonds. The van der Waals surface area contributed by atoms with Crippen LogP contribution in [0, 0.1) is 23.2 Å². The highest BCUT2D eigenvalue weighted by atomic mass is 16.3. The van der Waals surface area contributed by atoms with Crippen molar-refractivity contribution >= 4 is 5.78 Å². The molecule has 1 fully saturated rings. The Morgan fingerprint density at radius 2 is 2.12 bits per heavy atom. The zero-order valence-electron chi connectivity index (χ0n) is 11.4. The number of allylic oxidation sites excluding steroid dienone is 2. The van der Waals surface area contributed by atoms with Gasteiger partial charge >= 0.3 is 0 Å². The molecule has 4 atom stereocenters. The summed E-state index contributed by atoms with van der Waals surface area (Å²) in [6, 6.07) is 0. The molecule has 2 heteroatoms. The van der Waals surface area contributed by atoms with Crippen LogP contribution in [0.3, 0.4) is 0 Å². The lowest BCUT2D eigenvalue weighted by Gasteiger charge is -2.49. The number of carbonyl (C=O) groups is 1. The molecule has 2 rings (SSSR count). The molecule has 2 nitrogen and oxygen atoms in total. The van der Waals surface area contributed by atoms with Crippen LogP contribution in [-0.2, 0) is 4.79 Å². The van der Waals surface area contributed by atoms with E-state index in [9.17, 15) is 9.90 Å². The minimum Gasteiger partial charge on any atom is -0.390 e. The van der Waals surface area contributed by atoms with Crippen molar-refractivity contribution in [3.63, 3.8) is 0 Å². The summed E-state index contributed by atoms with van der Waals surface area (Å²) in [5, 5.41) is 10.2. The number of fused-ring (bicyclic) bond motifs is 1. The zero-order chi connectivity index (χ0) is 12.8. The van der Waals surface area contributed by atoms with Gasteiger partial charge in [-0.2, -0.15) is 0 Å². The molecule has 0 aromatic rings. The monoisotopic (exact) mass is 236 g/mol. The minimum atomic E-state index is -0.620. The van der Waals surface area contributed by atoms with Gasteiger partial charge in [0, 0.05) is 5.92 Å². The van der Waals surface area contributed by atoms with Crippen molar-refractivity contribution in [1.82, 2.24) is 0 Å². The standard InChI is InChI=1S/C15H24O2/c1-10-12-9-11(14(2,3)17)5-7-15(12,4)8-6-13(10)16/h6,8,10-12,17H,5,7,9H2,1-4H3/t10-,11-,12+,15+/m1/s1. The maximum absolute atomic E-state index is 11.8. The first-order valence-corrected chi connectivity index (χ1v) is 6.69. The highest BCUT2D eigenvalue weighted by Crippen LogP contribution is 2.52. The first kappa shape index (κ1) is 12.8. The van der Waals surface area contributed by atoms with Gasteiger partial charge in [0.05, 0.1) is 5.60 Å². The summed E-state index contributed by atoms with van der Waals surface area (Å²) in [6.07, 6.45) is 6.99. The SMILES string of the molecule is C[C@H]1C(=O)C=C[C@]2(C)CC[C@@H](C(C)(C)O)C[C@@H]12. The Kier molecular flexibility index (Phi) is 2.97. The Morgan fingerprint density at radius 1 is 1.47 bits per heavy atom. The molecule has 0 aromatic carbocycles. The summed E-state index contributed by atoms with van der Waals surface area (Å²) < 4.78 is 0. The van der Waals surface area contributed by atoms with Gasteiger partial charge in [0.15, 0.2) is 5.78 Å². The molecule has 0 heterocycles. The van der Waals surface area contributed by atoms with Gasteiger partial charge in [-0.1, -0.05) is 19.9 Å². The molecule has 0 aliphatic heterocycles. The number of ketones is 1. The van der Waals surface area contributed by atoms with Crippen LogP contribution < -0.4 is 0 Å². The lowest BCUT2D eigenvalue weighted by molar-refractivity contribution is -0.124. The summed E-state index contributed by atoms with van der Waals surface area (Å²) in [5.41, 5.74) is -0.458. The quantitative estimate of drug-likeness (QED) is 0.760. The lowest BCUT2D eigenvalue weighted by Crippen LogP contribution is -2.46. The number of rotatable bonds is 1. The van der Waals surface area contributed by atoms with E-state index < -0.39 is 5.60 Å². The molecule has 1 saturated carbocycles. The first-order valence-electron chi connectivity index (χ1n) is 6.69. The van der Waals surface area contributed by atoms with Gasteiger partial charge in [-0.25, -0.2) is 0 Å².